The number of nitrogens with one attached hydrogen (secondary N) is 1. The van der Waals surface area contributed by atoms with Crippen molar-refractivity contribution in [3.05, 3.63) is 10.1 Å². The van der Waals surface area contributed by atoms with Gasteiger partial charge in [0.15, 0.2) is 5.03 Å². The highest BCUT2D eigenvalue weighted by Gasteiger charge is 2.36. The lowest BCUT2D eigenvalue weighted by Gasteiger charge is -2.23. The van der Waals surface area contributed by atoms with Crippen molar-refractivity contribution in [1.29, 1.82) is 0 Å². The minimum atomic E-state index is -2.55. The molecule has 0 aliphatic rings. The molecule has 0 fully saturated rings. The number of hydrogen-bond acceptors (Lipinski definition) is 5. The average Bonchev–Trinajstić information content (AvgIpc) is 2.19. The van der Waals surface area contributed by atoms with Gasteiger partial charge in [0.05, 0.1) is 6.54 Å². The standard InChI is InChI=1S/C6H16N2O5Si/c1-11-14(12-2,13-3)6-4-5-7-8(9)10/h7H,4-6H2,1-3H3. The second-order valence-electron chi connectivity index (χ2n) is 2.56. The van der Waals surface area contributed by atoms with Crippen molar-refractivity contribution < 1.29 is 18.3 Å². The van der Waals surface area contributed by atoms with Crippen LogP contribution in [0.5, 0.6) is 0 Å². The molecule has 0 rings (SSSR count). The third kappa shape index (κ3) is 4.51. The molecule has 1 N–H and O–H groups in total. The Morgan fingerprint density at radius 1 is 1.29 bits per heavy atom. The van der Waals surface area contributed by atoms with Gasteiger partial charge in [0.2, 0.25) is 0 Å². The van der Waals surface area contributed by atoms with Crippen LogP contribution in [0.4, 0.5) is 0 Å². The summed E-state index contributed by atoms with van der Waals surface area (Å²) in [5.74, 6) is 0. The van der Waals surface area contributed by atoms with Crippen LogP contribution in [-0.4, -0.2) is 41.7 Å². The first kappa shape index (κ1) is 13.3. The summed E-state index contributed by atoms with van der Waals surface area (Å²) < 4.78 is 15.4. The summed E-state index contributed by atoms with van der Waals surface area (Å²) >= 11 is 0. The van der Waals surface area contributed by atoms with Crippen molar-refractivity contribution in [2.24, 2.45) is 0 Å². The molecule has 0 amide bonds. The summed E-state index contributed by atoms with van der Waals surface area (Å²) in [6.07, 6.45) is 0.572. The summed E-state index contributed by atoms with van der Waals surface area (Å²) in [5.41, 5.74) is 2.07. The van der Waals surface area contributed by atoms with Crippen molar-refractivity contribution in [3.63, 3.8) is 0 Å². The van der Waals surface area contributed by atoms with E-state index >= 15 is 0 Å². The molecule has 0 aliphatic heterocycles. The van der Waals surface area contributed by atoms with Gasteiger partial charge < -0.3 is 13.3 Å². The van der Waals surface area contributed by atoms with Gasteiger partial charge in [-0.2, -0.15) is 0 Å². The first-order valence-electron chi connectivity index (χ1n) is 4.13. The van der Waals surface area contributed by atoms with Crippen molar-refractivity contribution in [2.75, 3.05) is 27.9 Å². The molecule has 0 aromatic heterocycles. The summed E-state index contributed by atoms with van der Waals surface area (Å²) in [6, 6.07) is 0.553. The lowest BCUT2D eigenvalue weighted by molar-refractivity contribution is -0.544. The summed E-state index contributed by atoms with van der Waals surface area (Å²) in [7, 11) is 1.99. The van der Waals surface area contributed by atoms with E-state index in [9.17, 15) is 10.1 Å². The van der Waals surface area contributed by atoms with E-state index in [0.717, 1.165) is 0 Å². The van der Waals surface area contributed by atoms with Crippen molar-refractivity contribution in [2.45, 2.75) is 12.5 Å². The number of rotatable bonds is 8. The maximum absolute atomic E-state index is 9.94. The van der Waals surface area contributed by atoms with Crippen LogP contribution in [0.25, 0.3) is 0 Å². The van der Waals surface area contributed by atoms with E-state index in [1.807, 2.05) is 0 Å². The first-order valence-corrected chi connectivity index (χ1v) is 6.06. The van der Waals surface area contributed by atoms with Crippen LogP contribution in [0, 0.1) is 10.1 Å². The Kier molecular flexibility index (Phi) is 6.37. The van der Waals surface area contributed by atoms with E-state index in [4.69, 9.17) is 13.3 Å². The molecule has 84 valence electrons. The third-order valence-corrected chi connectivity index (χ3v) is 4.67. The molecule has 8 heteroatoms. The Hall–Kier alpha value is -0.703. The highest BCUT2D eigenvalue weighted by molar-refractivity contribution is 6.60. The molecule has 0 spiro atoms. The van der Waals surface area contributed by atoms with Crippen LogP contribution in [0.3, 0.4) is 0 Å². The van der Waals surface area contributed by atoms with E-state index in [2.05, 4.69) is 5.43 Å². The molecular formula is C6H16N2O5Si. The Morgan fingerprint density at radius 3 is 2.14 bits per heavy atom. The predicted molar refractivity (Wildman–Crippen MR) is 51.2 cm³/mol. The van der Waals surface area contributed by atoms with E-state index < -0.39 is 13.8 Å². The molecule has 0 aliphatic carbocycles. The molecule has 14 heavy (non-hydrogen) atoms. The molecule has 0 aromatic carbocycles. The van der Waals surface area contributed by atoms with Crippen LogP contribution >= 0.6 is 0 Å². The van der Waals surface area contributed by atoms with E-state index in [1.54, 1.807) is 0 Å². The smallest absolute Gasteiger partial charge is 0.377 e. The molecule has 0 saturated heterocycles. The summed E-state index contributed by atoms with van der Waals surface area (Å²) in [4.78, 5) is 9.94. The van der Waals surface area contributed by atoms with Gasteiger partial charge in [-0.25, -0.2) is 10.1 Å². The summed E-state index contributed by atoms with van der Waals surface area (Å²) in [5, 5.41) is 9.37. The number of nitrogens with zero attached hydrogens (tertiary/aromatic N) is 1. The fourth-order valence-corrected chi connectivity index (χ4v) is 2.75. The molecule has 0 heterocycles. The molecule has 0 radical (unpaired) electrons. The normalized spacial score (nSPS) is 11.4. The maximum Gasteiger partial charge on any atom is 0.500 e. The van der Waals surface area contributed by atoms with Crippen molar-refractivity contribution in [3.8, 4) is 0 Å². The minimum Gasteiger partial charge on any atom is -0.377 e. The number of hydrazine groups is 1. The second kappa shape index (κ2) is 6.71. The van der Waals surface area contributed by atoms with Gasteiger partial charge in [0, 0.05) is 27.4 Å². The zero-order valence-electron chi connectivity index (χ0n) is 8.61. The zero-order valence-corrected chi connectivity index (χ0v) is 9.61. The number of nitro groups is 1. The Balaban J connectivity index is 3.77. The van der Waals surface area contributed by atoms with E-state index in [-0.39, 0.29) is 6.54 Å². The fourth-order valence-electron chi connectivity index (χ4n) is 1.03. The van der Waals surface area contributed by atoms with E-state index in [0.29, 0.717) is 12.5 Å². The molecule has 0 atom stereocenters. The Labute approximate surface area is 83.8 Å². The molecule has 0 saturated carbocycles. The van der Waals surface area contributed by atoms with Gasteiger partial charge in [-0.3, -0.25) is 0 Å². The van der Waals surface area contributed by atoms with Crippen LogP contribution in [0.15, 0.2) is 0 Å². The minimum absolute atomic E-state index is 0.276. The molecule has 0 aromatic rings. The quantitative estimate of drug-likeness (QED) is 0.271. The second-order valence-corrected chi connectivity index (χ2v) is 5.65. The van der Waals surface area contributed by atoms with Crippen LogP contribution in [0.2, 0.25) is 6.04 Å². The molecule has 7 nitrogen and oxygen atoms in total. The Bertz CT molecular complexity index is 167. The Morgan fingerprint density at radius 2 is 1.79 bits per heavy atom. The lowest BCUT2D eigenvalue weighted by atomic mass is 10.5. The average molecular weight is 224 g/mol. The van der Waals surface area contributed by atoms with Crippen LogP contribution in [-0.2, 0) is 13.3 Å². The predicted octanol–water partition coefficient (Wildman–Crippen LogP) is 0.0359. The van der Waals surface area contributed by atoms with Crippen LogP contribution in [0.1, 0.15) is 6.42 Å². The monoisotopic (exact) mass is 224 g/mol. The van der Waals surface area contributed by atoms with Gasteiger partial charge in [0.1, 0.15) is 0 Å². The number of hydrogen-bond donors (Lipinski definition) is 1. The third-order valence-electron chi connectivity index (χ3n) is 1.83. The van der Waals surface area contributed by atoms with Gasteiger partial charge in [0.25, 0.3) is 0 Å². The van der Waals surface area contributed by atoms with E-state index in [1.165, 1.54) is 21.3 Å². The van der Waals surface area contributed by atoms with Gasteiger partial charge in [-0.1, -0.05) is 0 Å². The highest BCUT2D eigenvalue weighted by atomic mass is 28.4. The largest absolute Gasteiger partial charge is 0.500 e. The molecule has 0 unspecified atom stereocenters. The zero-order chi connectivity index (χ0) is 11.0. The maximum atomic E-state index is 9.94. The van der Waals surface area contributed by atoms with Gasteiger partial charge in [-0.05, 0) is 6.42 Å². The fraction of sp³-hybridized carbons (Fsp3) is 1.00. The topological polar surface area (TPSA) is 82.9 Å². The van der Waals surface area contributed by atoms with Crippen molar-refractivity contribution in [1.82, 2.24) is 5.43 Å². The first-order chi connectivity index (χ1) is 6.60. The molecule has 0 bridgehead atoms. The van der Waals surface area contributed by atoms with Crippen LogP contribution < -0.4 is 5.43 Å². The molecular weight excluding hydrogens is 208 g/mol. The lowest BCUT2D eigenvalue weighted by Crippen LogP contribution is -2.43. The van der Waals surface area contributed by atoms with Crippen molar-refractivity contribution >= 4 is 8.80 Å². The van der Waals surface area contributed by atoms with Gasteiger partial charge in [-0.15, -0.1) is 5.43 Å². The SMILES string of the molecule is CO[Si](CCCN[N+](=O)[O-])(OC)OC. The summed E-state index contributed by atoms with van der Waals surface area (Å²) in [6.45, 7) is 0.276. The van der Waals surface area contributed by atoms with Gasteiger partial charge >= 0.3 is 8.80 Å². The highest BCUT2D eigenvalue weighted by Crippen LogP contribution is 2.14.